The quantitative estimate of drug-likeness (QED) is 0.778. The fraction of sp³-hybridized carbons (Fsp3) is 0.462. The van der Waals surface area contributed by atoms with E-state index in [0.29, 0.717) is 13.0 Å². The molecule has 4 nitrogen and oxygen atoms in total. The number of carbonyl (C=O) groups excluding carboxylic acids is 1. The van der Waals surface area contributed by atoms with Crippen molar-refractivity contribution in [2.24, 2.45) is 5.92 Å². The van der Waals surface area contributed by atoms with Crippen LogP contribution in [0.5, 0.6) is 0 Å². The van der Waals surface area contributed by atoms with Crippen LogP contribution in [-0.2, 0) is 11.3 Å². The smallest absolute Gasteiger partial charge is 0.239 e. The van der Waals surface area contributed by atoms with Gasteiger partial charge in [-0.1, -0.05) is 19.4 Å². The zero-order chi connectivity index (χ0) is 12.7. The van der Waals surface area contributed by atoms with Crippen LogP contribution in [0.3, 0.4) is 0 Å². The maximum Gasteiger partial charge on any atom is 0.239 e. The first-order valence-corrected chi connectivity index (χ1v) is 5.72. The number of pyridine rings is 1. The Balaban J connectivity index is 2.61. The van der Waals surface area contributed by atoms with Crippen LogP contribution in [0.2, 0.25) is 0 Å². The average Bonchev–Trinajstić information content (AvgIpc) is 2.36. The van der Waals surface area contributed by atoms with E-state index in [9.17, 15) is 4.79 Å². The van der Waals surface area contributed by atoms with Crippen LogP contribution in [-0.4, -0.2) is 22.8 Å². The van der Waals surface area contributed by atoms with Gasteiger partial charge in [-0.05, 0) is 18.1 Å². The summed E-state index contributed by atoms with van der Waals surface area (Å²) in [7, 11) is 1.72. The first-order valence-electron chi connectivity index (χ1n) is 5.72. The third-order valence-electron chi connectivity index (χ3n) is 2.55. The van der Waals surface area contributed by atoms with Crippen molar-refractivity contribution >= 4 is 5.91 Å². The molecule has 0 aliphatic carbocycles. The van der Waals surface area contributed by atoms with Crippen molar-refractivity contribution < 1.29 is 4.79 Å². The monoisotopic (exact) mass is 231 g/mol. The van der Waals surface area contributed by atoms with Gasteiger partial charge in [0.2, 0.25) is 5.91 Å². The van der Waals surface area contributed by atoms with Gasteiger partial charge in [-0.15, -0.1) is 0 Å². The summed E-state index contributed by atoms with van der Waals surface area (Å²) in [6, 6.07) is 5.81. The summed E-state index contributed by atoms with van der Waals surface area (Å²) in [5.74, 6) is -0.639. The lowest BCUT2D eigenvalue weighted by atomic mass is 10.0. The highest BCUT2D eigenvalue weighted by molar-refractivity contribution is 5.80. The number of aromatic nitrogens is 1. The van der Waals surface area contributed by atoms with Crippen LogP contribution in [0, 0.1) is 17.2 Å². The van der Waals surface area contributed by atoms with E-state index in [-0.39, 0.29) is 5.91 Å². The minimum absolute atomic E-state index is 0.113. The van der Waals surface area contributed by atoms with Gasteiger partial charge in [0.1, 0.15) is 5.92 Å². The molecule has 0 spiro atoms. The number of hydrogen-bond acceptors (Lipinski definition) is 3. The van der Waals surface area contributed by atoms with Gasteiger partial charge in [-0.3, -0.25) is 9.78 Å². The first-order chi connectivity index (χ1) is 8.19. The molecular formula is C13H17N3O. The van der Waals surface area contributed by atoms with Crippen LogP contribution >= 0.6 is 0 Å². The molecule has 0 aliphatic rings. The average molecular weight is 231 g/mol. The van der Waals surface area contributed by atoms with E-state index in [1.54, 1.807) is 24.3 Å². The predicted octanol–water partition coefficient (Wildman–Crippen LogP) is 1.98. The van der Waals surface area contributed by atoms with E-state index >= 15 is 0 Å². The molecule has 17 heavy (non-hydrogen) atoms. The summed E-state index contributed by atoms with van der Waals surface area (Å²) in [5.41, 5.74) is 0.969. The molecule has 1 heterocycles. The van der Waals surface area contributed by atoms with Crippen molar-refractivity contribution in [1.29, 1.82) is 5.26 Å². The van der Waals surface area contributed by atoms with Crippen molar-refractivity contribution in [2.75, 3.05) is 7.05 Å². The topological polar surface area (TPSA) is 57.0 Å². The molecule has 0 saturated heterocycles. The molecule has 0 bridgehead atoms. The maximum absolute atomic E-state index is 12.0. The normalized spacial score (nSPS) is 11.6. The molecule has 0 fully saturated rings. The zero-order valence-electron chi connectivity index (χ0n) is 10.3. The van der Waals surface area contributed by atoms with E-state index in [1.807, 2.05) is 19.1 Å². The van der Waals surface area contributed by atoms with Crippen LogP contribution in [0.4, 0.5) is 0 Å². The number of nitrogens with zero attached hydrogens (tertiary/aromatic N) is 3. The highest BCUT2D eigenvalue weighted by Crippen LogP contribution is 2.10. The molecule has 1 atom stereocenters. The van der Waals surface area contributed by atoms with Crippen molar-refractivity contribution in [3.63, 3.8) is 0 Å². The van der Waals surface area contributed by atoms with E-state index in [1.165, 1.54) is 0 Å². The molecule has 1 aromatic heterocycles. The van der Waals surface area contributed by atoms with Crippen molar-refractivity contribution in [3.05, 3.63) is 30.1 Å². The van der Waals surface area contributed by atoms with Crippen molar-refractivity contribution in [3.8, 4) is 6.07 Å². The molecule has 90 valence electrons. The Morgan fingerprint density at radius 1 is 1.65 bits per heavy atom. The minimum Gasteiger partial charge on any atom is -0.340 e. The van der Waals surface area contributed by atoms with Crippen LogP contribution < -0.4 is 0 Å². The molecule has 0 saturated carbocycles. The zero-order valence-corrected chi connectivity index (χ0v) is 10.3. The summed E-state index contributed by atoms with van der Waals surface area (Å²) in [5, 5.41) is 8.93. The van der Waals surface area contributed by atoms with E-state index in [4.69, 9.17) is 5.26 Å². The van der Waals surface area contributed by atoms with Crippen LogP contribution in [0.25, 0.3) is 0 Å². The van der Waals surface area contributed by atoms with E-state index < -0.39 is 5.92 Å². The number of carbonyl (C=O) groups is 1. The molecule has 0 radical (unpaired) electrons. The summed E-state index contributed by atoms with van der Waals surface area (Å²) < 4.78 is 0. The Morgan fingerprint density at radius 2 is 2.41 bits per heavy atom. The van der Waals surface area contributed by atoms with Crippen molar-refractivity contribution in [1.82, 2.24) is 9.88 Å². The Morgan fingerprint density at radius 3 is 2.94 bits per heavy atom. The summed E-state index contributed by atoms with van der Waals surface area (Å²) in [4.78, 5) is 17.5. The van der Waals surface area contributed by atoms with Gasteiger partial charge in [0.25, 0.3) is 0 Å². The summed E-state index contributed by atoms with van der Waals surface area (Å²) in [6.07, 6.45) is 4.88. The lowest BCUT2D eigenvalue weighted by Crippen LogP contribution is -2.31. The fourth-order valence-electron chi connectivity index (χ4n) is 1.64. The number of amides is 1. The minimum atomic E-state index is -0.526. The third kappa shape index (κ3) is 3.87. The second kappa shape index (κ2) is 6.64. The van der Waals surface area contributed by atoms with Gasteiger partial charge in [0, 0.05) is 26.0 Å². The molecule has 1 aromatic rings. The predicted molar refractivity (Wildman–Crippen MR) is 64.7 cm³/mol. The molecule has 4 heteroatoms. The highest BCUT2D eigenvalue weighted by atomic mass is 16.2. The molecular weight excluding hydrogens is 214 g/mol. The summed E-state index contributed by atoms with van der Waals surface area (Å²) in [6.45, 7) is 2.47. The number of hydrogen-bond donors (Lipinski definition) is 0. The van der Waals surface area contributed by atoms with Gasteiger partial charge in [0.15, 0.2) is 0 Å². The molecule has 1 unspecified atom stereocenters. The van der Waals surface area contributed by atoms with Crippen LogP contribution in [0.1, 0.15) is 25.3 Å². The largest absolute Gasteiger partial charge is 0.340 e. The Hall–Kier alpha value is -1.89. The van der Waals surface area contributed by atoms with E-state index in [2.05, 4.69) is 11.1 Å². The van der Waals surface area contributed by atoms with Crippen LogP contribution in [0.15, 0.2) is 24.5 Å². The second-order valence-corrected chi connectivity index (χ2v) is 4.03. The standard InChI is InChI=1S/C13H17N3O/c1-3-5-12(8-14)13(17)16(2)10-11-6-4-7-15-9-11/h4,6-7,9,12H,3,5,10H2,1-2H3. The molecule has 1 rings (SSSR count). The van der Waals surface area contributed by atoms with Gasteiger partial charge in [-0.25, -0.2) is 0 Å². The third-order valence-corrected chi connectivity index (χ3v) is 2.55. The molecule has 1 amide bonds. The Labute approximate surface area is 102 Å². The number of nitriles is 1. The maximum atomic E-state index is 12.0. The van der Waals surface area contributed by atoms with Gasteiger partial charge in [-0.2, -0.15) is 5.26 Å². The Bertz CT molecular complexity index is 397. The molecule has 0 aliphatic heterocycles. The highest BCUT2D eigenvalue weighted by Gasteiger charge is 2.20. The lowest BCUT2D eigenvalue weighted by Gasteiger charge is -2.19. The van der Waals surface area contributed by atoms with Crippen molar-refractivity contribution in [2.45, 2.75) is 26.3 Å². The summed E-state index contributed by atoms with van der Waals surface area (Å²) >= 11 is 0. The molecule has 0 aromatic carbocycles. The van der Waals surface area contributed by atoms with Gasteiger partial charge in [0.05, 0.1) is 6.07 Å². The Kier molecular flexibility index (Phi) is 5.15. The van der Waals surface area contributed by atoms with E-state index in [0.717, 1.165) is 12.0 Å². The first kappa shape index (κ1) is 13.2. The van der Waals surface area contributed by atoms with Gasteiger partial charge >= 0.3 is 0 Å². The fourth-order valence-corrected chi connectivity index (χ4v) is 1.64. The molecule has 0 N–H and O–H groups in total. The van der Waals surface area contributed by atoms with Gasteiger partial charge < -0.3 is 4.90 Å². The lowest BCUT2D eigenvalue weighted by molar-refractivity contribution is -0.133. The number of rotatable bonds is 5. The second-order valence-electron chi connectivity index (χ2n) is 4.03. The SMILES string of the molecule is CCCC(C#N)C(=O)N(C)Cc1cccnc1.